The molecular weight excluding hydrogens is 294 g/mol. The molecule has 1 aliphatic heterocycles. The number of pyridine rings is 1. The molecule has 23 heavy (non-hydrogen) atoms. The Labute approximate surface area is 137 Å². The van der Waals surface area contributed by atoms with Gasteiger partial charge in [0.05, 0.1) is 6.54 Å². The molecule has 0 radical (unpaired) electrons. The third kappa shape index (κ3) is 5.86. The molecule has 1 fully saturated rings. The van der Waals surface area contributed by atoms with Gasteiger partial charge in [-0.3, -0.25) is 15.0 Å². The molecule has 1 aliphatic rings. The number of nitrogens with one attached hydrogen (secondary N) is 2. The zero-order valence-electron chi connectivity index (χ0n) is 14.0. The number of rotatable bonds is 3. The number of imide groups is 1. The third-order valence-corrected chi connectivity index (χ3v) is 3.45. The van der Waals surface area contributed by atoms with Gasteiger partial charge in [-0.2, -0.15) is 0 Å². The van der Waals surface area contributed by atoms with Gasteiger partial charge in [-0.05, 0) is 32.9 Å². The molecule has 2 heterocycles. The predicted octanol–water partition coefficient (Wildman–Crippen LogP) is 0.828. The van der Waals surface area contributed by atoms with Crippen LogP contribution in [0.1, 0.15) is 20.8 Å². The number of hydrogen-bond acceptors (Lipinski definition) is 5. The Morgan fingerprint density at radius 1 is 1.17 bits per heavy atom. The summed E-state index contributed by atoms with van der Waals surface area (Å²) in [6.07, 6.45) is 1.78. The normalized spacial score (nSPS) is 16.0. The van der Waals surface area contributed by atoms with Crippen molar-refractivity contribution < 1.29 is 9.59 Å². The first-order valence-electron chi connectivity index (χ1n) is 7.84. The van der Waals surface area contributed by atoms with Gasteiger partial charge in [-0.1, -0.05) is 6.07 Å². The van der Waals surface area contributed by atoms with Crippen LogP contribution in [-0.4, -0.2) is 60.1 Å². The van der Waals surface area contributed by atoms with Gasteiger partial charge in [0.2, 0.25) is 5.91 Å². The molecule has 7 heteroatoms. The molecular formula is C16H25N5O2. The molecule has 2 N–H and O–H groups in total. The Bertz CT molecular complexity index is 533. The SMILES string of the molecule is CC(C)(C)NC(=O)NC(=O)CN1CCN(c2ccccn2)CC1. The number of carbonyl (C=O) groups is 2. The Morgan fingerprint density at radius 3 is 2.43 bits per heavy atom. The van der Waals surface area contributed by atoms with E-state index in [1.54, 1.807) is 6.20 Å². The zero-order chi connectivity index (χ0) is 16.9. The van der Waals surface area contributed by atoms with Crippen molar-refractivity contribution in [3.63, 3.8) is 0 Å². The number of nitrogens with zero attached hydrogens (tertiary/aromatic N) is 3. The zero-order valence-corrected chi connectivity index (χ0v) is 14.0. The number of anilines is 1. The summed E-state index contributed by atoms with van der Waals surface area (Å²) in [5.74, 6) is 0.680. The summed E-state index contributed by atoms with van der Waals surface area (Å²) in [5.41, 5.74) is -0.362. The second kappa shape index (κ2) is 7.41. The number of amides is 3. The molecule has 0 saturated carbocycles. The molecule has 3 amide bonds. The predicted molar refractivity (Wildman–Crippen MR) is 89.3 cm³/mol. The lowest BCUT2D eigenvalue weighted by Gasteiger charge is -2.34. The fourth-order valence-corrected chi connectivity index (χ4v) is 2.42. The topological polar surface area (TPSA) is 77.6 Å². The second-order valence-electron chi connectivity index (χ2n) is 6.70. The van der Waals surface area contributed by atoms with E-state index >= 15 is 0 Å². The maximum absolute atomic E-state index is 11.9. The summed E-state index contributed by atoms with van der Waals surface area (Å²) in [6, 6.07) is 5.40. The molecule has 1 saturated heterocycles. The van der Waals surface area contributed by atoms with Gasteiger partial charge in [-0.15, -0.1) is 0 Å². The Balaban J connectivity index is 1.74. The largest absolute Gasteiger partial charge is 0.354 e. The molecule has 1 aromatic heterocycles. The number of carbonyl (C=O) groups excluding carboxylic acids is 2. The lowest BCUT2D eigenvalue weighted by molar-refractivity contribution is -0.121. The number of piperazine rings is 1. The van der Waals surface area contributed by atoms with E-state index in [0.29, 0.717) is 0 Å². The summed E-state index contributed by atoms with van der Waals surface area (Å²) in [4.78, 5) is 32.2. The summed E-state index contributed by atoms with van der Waals surface area (Å²) in [7, 11) is 0. The molecule has 0 bridgehead atoms. The average Bonchev–Trinajstić information content (AvgIpc) is 2.46. The fraction of sp³-hybridized carbons (Fsp3) is 0.562. The smallest absolute Gasteiger partial charge is 0.321 e. The standard InChI is InChI=1S/C16H25N5O2/c1-16(2,3)19-15(23)18-14(22)12-20-8-10-21(11-9-20)13-6-4-5-7-17-13/h4-7H,8-12H2,1-3H3,(H2,18,19,22,23). The minimum absolute atomic E-state index is 0.230. The first-order valence-corrected chi connectivity index (χ1v) is 7.84. The molecule has 0 unspecified atom stereocenters. The van der Waals surface area contributed by atoms with Gasteiger partial charge in [-0.25, -0.2) is 9.78 Å². The Kier molecular flexibility index (Phi) is 5.54. The molecule has 2 rings (SSSR count). The summed E-state index contributed by atoms with van der Waals surface area (Å²) in [5, 5.41) is 5.08. The van der Waals surface area contributed by atoms with Crippen molar-refractivity contribution in [2.45, 2.75) is 26.3 Å². The Morgan fingerprint density at radius 2 is 1.87 bits per heavy atom. The lowest BCUT2D eigenvalue weighted by Crippen LogP contribution is -2.53. The van der Waals surface area contributed by atoms with E-state index in [4.69, 9.17) is 0 Å². The van der Waals surface area contributed by atoms with Crippen molar-refractivity contribution in [2.75, 3.05) is 37.6 Å². The third-order valence-electron chi connectivity index (χ3n) is 3.45. The highest BCUT2D eigenvalue weighted by atomic mass is 16.2. The highest BCUT2D eigenvalue weighted by Gasteiger charge is 2.21. The van der Waals surface area contributed by atoms with Crippen LogP contribution in [0, 0.1) is 0 Å². The van der Waals surface area contributed by atoms with Gasteiger partial charge in [0.25, 0.3) is 0 Å². The van der Waals surface area contributed by atoms with E-state index < -0.39 is 6.03 Å². The van der Waals surface area contributed by atoms with Crippen molar-refractivity contribution >= 4 is 17.8 Å². The monoisotopic (exact) mass is 319 g/mol. The lowest BCUT2D eigenvalue weighted by atomic mass is 10.1. The van der Waals surface area contributed by atoms with Crippen LogP contribution >= 0.6 is 0 Å². The van der Waals surface area contributed by atoms with Crippen LogP contribution in [-0.2, 0) is 4.79 Å². The van der Waals surface area contributed by atoms with E-state index in [-0.39, 0.29) is 18.0 Å². The molecule has 126 valence electrons. The summed E-state index contributed by atoms with van der Waals surface area (Å²) < 4.78 is 0. The van der Waals surface area contributed by atoms with Gasteiger partial charge in [0, 0.05) is 37.9 Å². The summed E-state index contributed by atoms with van der Waals surface area (Å²) >= 11 is 0. The number of urea groups is 1. The second-order valence-corrected chi connectivity index (χ2v) is 6.70. The van der Waals surface area contributed by atoms with Crippen LogP contribution in [0.2, 0.25) is 0 Å². The van der Waals surface area contributed by atoms with Crippen LogP contribution in [0.5, 0.6) is 0 Å². The van der Waals surface area contributed by atoms with E-state index in [0.717, 1.165) is 32.0 Å². The van der Waals surface area contributed by atoms with E-state index in [9.17, 15) is 9.59 Å². The van der Waals surface area contributed by atoms with Gasteiger partial charge in [0.15, 0.2) is 0 Å². The van der Waals surface area contributed by atoms with Gasteiger partial charge >= 0.3 is 6.03 Å². The van der Waals surface area contributed by atoms with E-state index in [2.05, 4.69) is 20.5 Å². The highest BCUT2D eigenvalue weighted by Crippen LogP contribution is 2.12. The molecule has 7 nitrogen and oxygen atoms in total. The van der Waals surface area contributed by atoms with Crippen molar-refractivity contribution in [2.24, 2.45) is 0 Å². The minimum atomic E-state index is -0.449. The van der Waals surface area contributed by atoms with Gasteiger partial charge in [0.1, 0.15) is 5.82 Å². The number of aromatic nitrogens is 1. The van der Waals surface area contributed by atoms with Crippen LogP contribution in [0.15, 0.2) is 24.4 Å². The molecule has 0 atom stereocenters. The fourth-order valence-electron chi connectivity index (χ4n) is 2.42. The average molecular weight is 319 g/mol. The van der Waals surface area contributed by atoms with Crippen molar-refractivity contribution in [3.05, 3.63) is 24.4 Å². The highest BCUT2D eigenvalue weighted by molar-refractivity contribution is 5.95. The van der Waals surface area contributed by atoms with Crippen LogP contribution < -0.4 is 15.5 Å². The first-order chi connectivity index (χ1) is 10.8. The summed E-state index contributed by atoms with van der Waals surface area (Å²) in [6.45, 7) is 9.01. The van der Waals surface area contributed by atoms with E-state index in [1.807, 2.05) is 43.9 Å². The van der Waals surface area contributed by atoms with E-state index in [1.165, 1.54) is 0 Å². The first kappa shape index (κ1) is 17.2. The molecule has 1 aromatic rings. The molecule has 0 aliphatic carbocycles. The van der Waals surface area contributed by atoms with Crippen molar-refractivity contribution in [1.29, 1.82) is 0 Å². The maximum atomic E-state index is 11.9. The quantitative estimate of drug-likeness (QED) is 0.863. The molecule has 0 spiro atoms. The van der Waals surface area contributed by atoms with Crippen molar-refractivity contribution in [1.82, 2.24) is 20.5 Å². The Hall–Kier alpha value is -2.15. The minimum Gasteiger partial charge on any atom is -0.354 e. The van der Waals surface area contributed by atoms with Gasteiger partial charge < -0.3 is 10.2 Å². The van der Waals surface area contributed by atoms with Crippen molar-refractivity contribution in [3.8, 4) is 0 Å². The maximum Gasteiger partial charge on any atom is 0.321 e. The molecule has 0 aromatic carbocycles. The number of hydrogen-bond donors (Lipinski definition) is 2. The van der Waals surface area contributed by atoms with Crippen LogP contribution in [0.4, 0.5) is 10.6 Å². The van der Waals surface area contributed by atoms with Crippen LogP contribution in [0.3, 0.4) is 0 Å². The van der Waals surface area contributed by atoms with Crippen LogP contribution in [0.25, 0.3) is 0 Å².